The monoisotopic (exact) mass is 261 g/mol. The zero-order valence-corrected chi connectivity index (χ0v) is 11.1. The highest BCUT2D eigenvalue weighted by molar-refractivity contribution is 5.72. The maximum atomic E-state index is 11.1. The van der Waals surface area contributed by atoms with Crippen molar-refractivity contribution in [1.82, 2.24) is 9.88 Å². The van der Waals surface area contributed by atoms with E-state index >= 15 is 0 Å². The zero-order chi connectivity index (χ0) is 13.4. The fraction of sp³-hybridized carbons (Fsp3) is 0.500. The number of hydrogen-bond donors (Lipinski definition) is 2. The van der Waals surface area contributed by atoms with Gasteiger partial charge in [0.1, 0.15) is 0 Å². The Kier molecular flexibility index (Phi) is 3.16. The van der Waals surface area contributed by atoms with Gasteiger partial charge in [-0.05, 0) is 37.6 Å². The lowest BCUT2D eigenvalue weighted by molar-refractivity contribution is 0.220. The Morgan fingerprint density at radius 3 is 3.05 bits per heavy atom. The number of fused-ring (bicyclic) bond motifs is 1. The van der Waals surface area contributed by atoms with Crippen LogP contribution in [0.4, 0.5) is 0 Å². The SMILES string of the molecule is CN(Cc1ccc2[nH]c(=O)oc2c1)C1CCCC1N. The molecule has 0 saturated heterocycles. The van der Waals surface area contributed by atoms with Crippen molar-refractivity contribution in [2.75, 3.05) is 7.05 Å². The Morgan fingerprint density at radius 1 is 1.47 bits per heavy atom. The normalized spacial score (nSPS) is 23.5. The Bertz CT molecular complexity index is 631. The van der Waals surface area contributed by atoms with E-state index in [9.17, 15) is 4.79 Å². The van der Waals surface area contributed by atoms with E-state index in [0.29, 0.717) is 11.6 Å². The molecule has 1 aromatic carbocycles. The number of hydrogen-bond acceptors (Lipinski definition) is 4. The standard InChI is InChI=1S/C14H19N3O2/c1-17(12-4-2-3-10(12)15)8-9-5-6-11-13(7-9)19-14(18)16-11/h5-7,10,12H,2-4,8,15H2,1H3,(H,16,18). The Labute approximate surface area is 111 Å². The van der Waals surface area contributed by atoms with Crippen LogP contribution in [0.25, 0.3) is 11.1 Å². The first kappa shape index (κ1) is 12.4. The molecule has 0 spiro atoms. The fourth-order valence-electron chi connectivity index (χ4n) is 3.01. The predicted octanol–water partition coefficient (Wildman–Crippen LogP) is 1.43. The second kappa shape index (κ2) is 4.83. The molecule has 3 rings (SSSR count). The molecule has 3 N–H and O–H groups in total. The molecule has 1 heterocycles. The molecule has 1 saturated carbocycles. The quantitative estimate of drug-likeness (QED) is 0.876. The lowest BCUT2D eigenvalue weighted by atomic mass is 10.1. The molecule has 2 atom stereocenters. The molecule has 2 unspecified atom stereocenters. The van der Waals surface area contributed by atoms with Crippen molar-refractivity contribution in [2.24, 2.45) is 5.73 Å². The number of aromatic amines is 1. The summed E-state index contributed by atoms with van der Waals surface area (Å²) >= 11 is 0. The minimum atomic E-state index is -0.404. The number of nitrogens with two attached hydrogens (primary N) is 1. The van der Waals surface area contributed by atoms with Crippen LogP contribution >= 0.6 is 0 Å². The number of oxazole rings is 1. The van der Waals surface area contributed by atoms with Gasteiger partial charge in [-0.2, -0.15) is 0 Å². The van der Waals surface area contributed by atoms with Crippen molar-refractivity contribution in [3.63, 3.8) is 0 Å². The van der Waals surface area contributed by atoms with Crippen molar-refractivity contribution >= 4 is 11.1 Å². The van der Waals surface area contributed by atoms with Gasteiger partial charge in [0.15, 0.2) is 5.58 Å². The summed E-state index contributed by atoms with van der Waals surface area (Å²) in [6, 6.07) is 6.56. The Hall–Kier alpha value is -1.59. The smallest absolute Gasteiger partial charge is 0.408 e. The zero-order valence-electron chi connectivity index (χ0n) is 11.1. The van der Waals surface area contributed by atoms with Crippen molar-refractivity contribution < 1.29 is 4.42 Å². The third-order valence-electron chi connectivity index (χ3n) is 4.02. The molecule has 2 aromatic rings. The molecular formula is C14H19N3O2. The van der Waals surface area contributed by atoms with Crippen LogP contribution in [0, 0.1) is 0 Å². The van der Waals surface area contributed by atoms with E-state index in [4.69, 9.17) is 10.2 Å². The fourth-order valence-corrected chi connectivity index (χ4v) is 3.01. The van der Waals surface area contributed by atoms with Gasteiger partial charge in [-0.3, -0.25) is 9.88 Å². The number of aromatic nitrogens is 1. The lowest BCUT2D eigenvalue weighted by Crippen LogP contribution is -2.41. The molecule has 0 bridgehead atoms. The lowest BCUT2D eigenvalue weighted by Gasteiger charge is -2.27. The second-order valence-electron chi connectivity index (χ2n) is 5.42. The highest BCUT2D eigenvalue weighted by Gasteiger charge is 2.27. The number of H-pyrrole nitrogens is 1. The van der Waals surface area contributed by atoms with Gasteiger partial charge in [-0.25, -0.2) is 4.79 Å². The first-order valence-electron chi connectivity index (χ1n) is 6.71. The number of benzene rings is 1. The molecular weight excluding hydrogens is 242 g/mol. The minimum absolute atomic E-state index is 0.277. The Balaban J connectivity index is 1.78. The Morgan fingerprint density at radius 2 is 2.32 bits per heavy atom. The number of rotatable bonds is 3. The van der Waals surface area contributed by atoms with Crippen LogP contribution in [-0.2, 0) is 6.54 Å². The van der Waals surface area contributed by atoms with Crippen LogP contribution in [0.2, 0.25) is 0 Å². The molecule has 1 aromatic heterocycles. The van der Waals surface area contributed by atoms with Gasteiger partial charge >= 0.3 is 5.76 Å². The van der Waals surface area contributed by atoms with Crippen molar-refractivity contribution in [3.8, 4) is 0 Å². The van der Waals surface area contributed by atoms with Crippen LogP contribution in [0.3, 0.4) is 0 Å². The number of likely N-dealkylation sites (N-methyl/N-ethyl adjacent to an activating group) is 1. The molecule has 1 fully saturated rings. The highest BCUT2D eigenvalue weighted by Crippen LogP contribution is 2.23. The van der Waals surface area contributed by atoms with E-state index in [-0.39, 0.29) is 6.04 Å². The van der Waals surface area contributed by atoms with Crippen LogP contribution in [-0.4, -0.2) is 29.0 Å². The summed E-state index contributed by atoms with van der Waals surface area (Å²) in [6.45, 7) is 0.823. The molecule has 19 heavy (non-hydrogen) atoms. The molecule has 5 nitrogen and oxygen atoms in total. The number of nitrogens with zero attached hydrogens (tertiary/aromatic N) is 1. The van der Waals surface area contributed by atoms with E-state index < -0.39 is 5.76 Å². The van der Waals surface area contributed by atoms with Gasteiger partial charge in [0, 0.05) is 18.6 Å². The summed E-state index contributed by atoms with van der Waals surface area (Å²) < 4.78 is 5.08. The van der Waals surface area contributed by atoms with E-state index in [1.54, 1.807) is 0 Å². The maximum Gasteiger partial charge on any atom is 0.417 e. The van der Waals surface area contributed by atoms with Crippen molar-refractivity contribution in [1.29, 1.82) is 0 Å². The molecule has 5 heteroatoms. The molecule has 102 valence electrons. The van der Waals surface area contributed by atoms with E-state index in [2.05, 4.69) is 16.9 Å². The van der Waals surface area contributed by atoms with E-state index in [1.165, 1.54) is 12.8 Å². The highest BCUT2D eigenvalue weighted by atomic mass is 16.4. The first-order valence-corrected chi connectivity index (χ1v) is 6.71. The summed E-state index contributed by atoms with van der Waals surface area (Å²) in [5.74, 6) is -0.404. The predicted molar refractivity (Wildman–Crippen MR) is 73.9 cm³/mol. The molecule has 0 aliphatic heterocycles. The minimum Gasteiger partial charge on any atom is -0.408 e. The van der Waals surface area contributed by atoms with Gasteiger partial charge in [-0.15, -0.1) is 0 Å². The van der Waals surface area contributed by atoms with Crippen LogP contribution in [0.15, 0.2) is 27.4 Å². The van der Waals surface area contributed by atoms with Gasteiger partial charge in [0.2, 0.25) is 0 Å². The average molecular weight is 261 g/mol. The molecule has 1 aliphatic rings. The molecule has 0 radical (unpaired) electrons. The van der Waals surface area contributed by atoms with Gasteiger partial charge < -0.3 is 10.2 Å². The summed E-state index contributed by atoms with van der Waals surface area (Å²) in [4.78, 5) is 16.1. The van der Waals surface area contributed by atoms with Crippen molar-refractivity contribution in [3.05, 3.63) is 34.3 Å². The average Bonchev–Trinajstić information content (AvgIpc) is 2.93. The van der Waals surface area contributed by atoms with Crippen LogP contribution < -0.4 is 11.5 Å². The second-order valence-corrected chi connectivity index (χ2v) is 5.42. The van der Waals surface area contributed by atoms with Gasteiger partial charge in [0.25, 0.3) is 0 Å². The molecule has 1 aliphatic carbocycles. The van der Waals surface area contributed by atoms with E-state index in [0.717, 1.165) is 24.0 Å². The molecule has 0 amide bonds. The topological polar surface area (TPSA) is 75.3 Å². The summed E-state index contributed by atoms with van der Waals surface area (Å²) in [5, 5.41) is 0. The first-order chi connectivity index (χ1) is 9.13. The number of nitrogens with one attached hydrogen (secondary N) is 1. The van der Waals surface area contributed by atoms with Crippen molar-refractivity contribution in [2.45, 2.75) is 37.9 Å². The maximum absolute atomic E-state index is 11.1. The van der Waals surface area contributed by atoms with Gasteiger partial charge in [0.05, 0.1) is 5.52 Å². The van der Waals surface area contributed by atoms with Crippen LogP contribution in [0.5, 0.6) is 0 Å². The third kappa shape index (κ3) is 2.43. The summed E-state index contributed by atoms with van der Waals surface area (Å²) in [6.07, 6.45) is 3.49. The third-order valence-corrected chi connectivity index (χ3v) is 4.02. The van der Waals surface area contributed by atoms with E-state index in [1.807, 2.05) is 18.2 Å². The summed E-state index contributed by atoms with van der Waals surface area (Å²) in [7, 11) is 2.10. The largest absolute Gasteiger partial charge is 0.417 e. The van der Waals surface area contributed by atoms with Crippen LogP contribution in [0.1, 0.15) is 24.8 Å². The van der Waals surface area contributed by atoms with Gasteiger partial charge in [-0.1, -0.05) is 12.5 Å². The summed E-state index contributed by atoms with van der Waals surface area (Å²) in [5.41, 5.74) is 8.62.